The van der Waals surface area contributed by atoms with Crippen molar-refractivity contribution in [3.8, 4) is 17.2 Å². The van der Waals surface area contributed by atoms with Crippen molar-refractivity contribution in [3.05, 3.63) is 30.3 Å². The smallest absolute Gasteiger partial charge is 0.308 e. The average Bonchev–Trinajstić information content (AvgIpc) is 2.41. The van der Waals surface area contributed by atoms with E-state index in [4.69, 9.17) is 14.2 Å². The first-order valence-corrected chi connectivity index (χ1v) is 6.49. The Balaban J connectivity index is 2.74. The molecule has 0 aromatic heterocycles. The molecule has 0 spiro atoms. The van der Waals surface area contributed by atoms with E-state index in [2.05, 4.69) is 0 Å². The van der Waals surface area contributed by atoms with Gasteiger partial charge in [-0.25, -0.2) is 0 Å². The zero-order chi connectivity index (χ0) is 16.3. The standard InChI is InChI=1S/C16H14O6/c1-9(17)20-14-8-15(21-10(2)18)16(22-11(3)19)13-7-5-4-6-12(13)14/h4-8H,1-3H3. The minimum atomic E-state index is -0.586. The lowest BCUT2D eigenvalue weighted by Gasteiger charge is -2.14. The molecule has 0 fully saturated rings. The van der Waals surface area contributed by atoms with Crippen LogP contribution in [0.5, 0.6) is 17.2 Å². The number of carbonyl (C=O) groups excluding carboxylic acids is 3. The normalized spacial score (nSPS) is 10.1. The molecule has 114 valence electrons. The summed E-state index contributed by atoms with van der Waals surface area (Å²) in [4.78, 5) is 33.8. The van der Waals surface area contributed by atoms with Crippen LogP contribution in [0.2, 0.25) is 0 Å². The van der Waals surface area contributed by atoms with Crippen molar-refractivity contribution in [2.45, 2.75) is 20.8 Å². The maximum atomic E-state index is 11.3. The lowest BCUT2D eigenvalue weighted by atomic mass is 10.1. The number of esters is 3. The van der Waals surface area contributed by atoms with E-state index in [0.29, 0.717) is 10.8 Å². The molecule has 0 N–H and O–H groups in total. The molecule has 0 aliphatic carbocycles. The second-order valence-electron chi connectivity index (χ2n) is 4.53. The fraction of sp³-hybridized carbons (Fsp3) is 0.188. The molecular formula is C16H14O6. The Bertz CT molecular complexity index is 763. The van der Waals surface area contributed by atoms with Crippen molar-refractivity contribution in [2.75, 3.05) is 0 Å². The molecule has 0 amide bonds. The minimum Gasteiger partial charge on any atom is -0.426 e. The molecule has 22 heavy (non-hydrogen) atoms. The van der Waals surface area contributed by atoms with Gasteiger partial charge in [-0.3, -0.25) is 14.4 Å². The van der Waals surface area contributed by atoms with Gasteiger partial charge < -0.3 is 14.2 Å². The summed E-state index contributed by atoms with van der Waals surface area (Å²) >= 11 is 0. The van der Waals surface area contributed by atoms with E-state index in [-0.39, 0.29) is 17.2 Å². The number of rotatable bonds is 3. The predicted octanol–water partition coefficient (Wildman–Crippen LogP) is 2.62. The maximum Gasteiger partial charge on any atom is 0.308 e. The van der Waals surface area contributed by atoms with Gasteiger partial charge in [-0.2, -0.15) is 0 Å². The van der Waals surface area contributed by atoms with Crippen molar-refractivity contribution in [1.29, 1.82) is 0 Å². The van der Waals surface area contributed by atoms with Crippen LogP contribution in [0.1, 0.15) is 20.8 Å². The molecule has 0 aliphatic heterocycles. The van der Waals surface area contributed by atoms with Crippen LogP contribution in [-0.4, -0.2) is 17.9 Å². The van der Waals surface area contributed by atoms with Crippen LogP contribution in [-0.2, 0) is 14.4 Å². The first-order valence-electron chi connectivity index (χ1n) is 6.49. The van der Waals surface area contributed by atoms with Crippen LogP contribution < -0.4 is 14.2 Å². The fourth-order valence-corrected chi connectivity index (χ4v) is 2.01. The summed E-state index contributed by atoms with van der Waals surface area (Å²) in [6.07, 6.45) is 0. The summed E-state index contributed by atoms with van der Waals surface area (Å²) in [6, 6.07) is 8.21. The summed E-state index contributed by atoms with van der Waals surface area (Å²) in [6.45, 7) is 3.73. The Hall–Kier alpha value is -2.89. The van der Waals surface area contributed by atoms with Crippen LogP contribution >= 0.6 is 0 Å². The summed E-state index contributed by atoms with van der Waals surface area (Å²) in [7, 11) is 0. The number of hydrogen-bond acceptors (Lipinski definition) is 6. The molecule has 2 aromatic rings. The zero-order valence-corrected chi connectivity index (χ0v) is 12.3. The number of fused-ring (bicyclic) bond motifs is 1. The van der Waals surface area contributed by atoms with Crippen LogP contribution in [0.4, 0.5) is 0 Å². The molecule has 0 saturated carbocycles. The van der Waals surface area contributed by atoms with Gasteiger partial charge in [-0.1, -0.05) is 24.3 Å². The van der Waals surface area contributed by atoms with Gasteiger partial charge in [0.25, 0.3) is 0 Å². The van der Waals surface area contributed by atoms with Crippen LogP contribution in [0, 0.1) is 0 Å². The summed E-state index contributed by atoms with van der Waals surface area (Å²) in [5.74, 6) is -1.32. The molecule has 0 unspecified atom stereocenters. The van der Waals surface area contributed by atoms with E-state index >= 15 is 0 Å². The van der Waals surface area contributed by atoms with Crippen LogP contribution in [0.15, 0.2) is 30.3 Å². The number of benzene rings is 2. The molecule has 0 heterocycles. The minimum absolute atomic E-state index is 0.0117. The largest absolute Gasteiger partial charge is 0.426 e. The van der Waals surface area contributed by atoms with Crippen molar-refractivity contribution < 1.29 is 28.6 Å². The summed E-state index contributed by atoms with van der Waals surface area (Å²) in [5, 5.41) is 1.05. The van der Waals surface area contributed by atoms with Crippen molar-refractivity contribution in [3.63, 3.8) is 0 Å². The lowest BCUT2D eigenvalue weighted by Crippen LogP contribution is -2.09. The molecule has 6 heteroatoms. The third-order valence-electron chi connectivity index (χ3n) is 2.68. The molecule has 0 saturated heterocycles. The molecule has 2 aromatic carbocycles. The van der Waals surface area contributed by atoms with E-state index in [0.717, 1.165) is 0 Å². The third-order valence-corrected chi connectivity index (χ3v) is 2.68. The first kappa shape index (κ1) is 15.5. The SMILES string of the molecule is CC(=O)Oc1cc(OC(C)=O)c2ccccc2c1OC(C)=O. The molecule has 0 bridgehead atoms. The van der Waals surface area contributed by atoms with Gasteiger partial charge in [0.15, 0.2) is 11.5 Å². The van der Waals surface area contributed by atoms with E-state index in [1.54, 1.807) is 24.3 Å². The van der Waals surface area contributed by atoms with E-state index < -0.39 is 17.9 Å². The number of hydrogen-bond donors (Lipinski definition) is 0. The number of carbonyl (C=O) groups is 3. The highest BCUT2D eigenvalue weighted by Gasteiger charge is 2.19. The van der Waals surface area contributed by atoms with Crippen LogP contribution in [0.3, 0.4) is 0 Å². The monoisotopic (exact) mass is 302 g/mol. The van der Waals surface area contributed by atoms with E-state index in [1.807, 2.05) is 0 Å². The highest BCUT2D eigenvalue weighted by atomic mass is 16.6. The van der Waals surface area contributed by atoms with Gasteiger partial charge in [0.2, 0.25) is 0 Å². The summed E-state index contributed by atoms with van der Waals surface area (Å²) in [5.41, 5.74) is 0. The van der Waals surface area contributed by atoms with Gasteiger partial charge in [0.05, 0.1) is 0 Å². The van der Waals surface area contributed by atoms with Gasteiger partial charge in [-0.05, 0) is 0 Å². The zero-order valence-electron chi connectivity index (χ0n) is 12.3. The Morgan fingerprint density at radius 3 is 1.77 bits per heavy atom. The predicted molar refractivity (Wildman–Crippen MR) is 77.9 cm³/mol. The highest BCUT2D eigenvalue weighted by Crippen LogP contribution is 2.41. The van der Waals surface area contributed by atoms with Gasteiger partial charge in [-0.15, -0.1) is 0 Å². The second-order valence-corrected chi connectivity index (χ2v) is 4.53. The quantitative estimate of drug-likeness (QED) is 0.640. The summed E-state index contributed by atoms with van der Waals surface area (Å²) < 4.78 is 15.4. The first-order chi connectivity index (χ1) is 10.4. The molecule has 0 aliphatic rings. The van der Waals surface area contributed by atoms with E-state index in [1.165, 1.54) is 26.8 Å². The van der Waals surface area contributed by atoms with E-state index in [9.17, 15) is 14.4 Å². The van der Waals surface area contributed by atoms with Gasteiger partial charge in [0.1, 0.15) is 5.75 Å². The van der Waals surface area contributed by atoms with Crippen LogP contribution in [0.25, 0.3) is 10.8 Å². The van der Waals surface area contributed by atoms with Crippen molar-refractivity contribution in [1.82, 2.24) is 0 Å². The molecule has 2 rings (SSSR count). The van der Waals surface area contributed by atoms with Crippen molar-refractivity contribution >= 4 is 28.7 Å². The third kappa shape index (κ3) is 3.41. The second kappa shape index (κ2) is 6.26. The molecular weight excluding hydrogens is 288 g/mol. The lowest BCUT2D eigenvalue weighted by molar-refractivity contribution is -0.134. The Morgan fingerprint density at radius 1 is 0.727 bits per heavy atom. The average molecular weight is 302 g/mol. The molecule has 0 radical (unpaired) electrons. The topological polar surface area (TPSA) is 78.9 Å². The Morgan fingerprint density at radius 2 is 1.23 bits per heavy atom. The maximum absolute atomic E-state index is 11.3. The molecule has 0 atom stereocenters. The van der Waals surface area contributed by atoms with Gasteiger partial charge in [0, 0.05) is 37.6 Å². The Labute approximate surface area is 126 Å². The molecule has 6 nitrogen and oxygen atoms in total. The Kier molecular flexibility index (Phi) is 4.41. The number of ether oxygens (including phenoxy) is 3. The highest BCUT2D eigenvalue weighted by molar-refractivity contribution is 5.98. The van der Waals surface area contributed by atoms with Gasteiger partial charge >= 0.3 is 17.9 Å². The fourth-order valence-electron chi connectivity index (χ4n) is 2.01. The van der Waals surface area contributed by atoms with Crippen molar-refractivity contribution in [2.24, 2.45) is 0 Å².